The van der Waals surface area contributed by atoms with Crippen LogP contribution in [0.15, 0.2) is 18.2 Å². The number of piperidine rings is 1. The Balaban J connectivity index is 1.63. The minimum absolute atomic E-state index is 0.0695. The second-order valence-corrected chi connectivity index (χ2v) is 6.64. The quantitative estimate of drug-likeness (QED) is 0.846. The Morgan fingerprint density at radius 3 is 2.67 bits per heavy atom. The lowest BCUT2D eigenvalue weighted by atomic mass is 10.1. The number of carbonyl (C=O) groups excluding carboxylic acids is 1. The molecule has 0 aromatic heterocycles. The molecule has 0 unspecified atom stereocenters. The van der Waals surface area contributed by atoms with E-state index >= 15 is 0 Å². The zero-order valence-corrected chi connectivity index (χ0v) is 13.5. The van der Waals surface area contributed by atoms with Crippen LogP contribution in [0.5, 0.6) is 0 Å². The highest BCUT2D eigenvalue weighted by Crippen LogP contribution is 2.51. The minimum atomic E-state index is 0.0695. The van der Waals surface area contributed by atoms with E-state index in [0.717, 1.165) is 37.9 Å². The van der Waals surface area contributed by atoms with Gasteiger partial charge in [0.15, 0.2) is 0 Å². The average molecular weight is 328 g/mol. The van der Waals surface area contributed by atoms with Gasteiger partial charge in [-0.2, -0.15) is 0 Å². The van der Waals surface area contributed by atoms with Crippen LogP contribution in [0.3, 0.4) is 0 Å². The molecule has 114 valence electrons. The van der Waals surface area contributed by atoms with Crippen molar-refractivity contribution >= 4 is 29.1 Å². The van der Waals surface area contributed by atoms with Crippen molar-refractivity contribution in [1.82, 2.24) is 4.90 Å². The Kier molecular flexibility index (Phi) is 4.43. The van der Waals surface area contributed by atoms with E-state index in [0.29, 0.717) is 16.1 Å². The van der Waals surface area contributed by atoms with E-state index in [1.54, 1.807) is 13.2 Å². The normalized spacial score (nSPS) is 26.0. The largest absolute Gasteiger partial charge is 0.381 e. The Labute approximate surface area is 135 Å². The number of ether oxygens (including phenoxy) is 1. The SMILES string of the molecule is COC1CCN(C(=O)[C@H]2C[C@@H]2c2cccc(Cl)c2Cl)CC1. The fourth-order valence-electron chi connectivity index (χ4n) is 3.16. The molecule has 2 fully saturated rings. The van der Waals surface area contributed by atoms with Gasteiger partial charge in [0.1, 0.15) is 0 Å². The third kappa shape index (κ3) is 3.05. The number of rotatable bonds is 3. The molecule has 2 aliphatic rings. The summed E-state index contributed by atoms with van der Waals surface area (Å²) < 4.78 is 5.34. The van der Waals surface area contributed by atoms with Crippen LogP contribution in [0, 0.1) is 5.92 Å². The summed E-state index contributed by atoms with van der Waals surface area (Å²) in [4.78, 5) is 14.5. The molecule has 0 spiro atoms. The van der Waals surface area contributed by atoms with Crippen LogP contribution in [-0.4, -0.2) is 37.1 Å². The first-order valence-corrected chi connectivity index (χ1v) is 8.13. The molecule has 0 N–H and O–H groups in total. The average Bonchev–Trinajstić information content (AvgIpc) is 3.30. The van der Waals surface area contributed by atoms with Crippen LogP contribution >= 0.6 is 23.2 Å². The monoisotopic (exact) mass is 327 g/mol. The van der Waals surface area contributed by atoms with Gasteiger partial charge in [-0.1, -0.05) is 35.3 Å². The summed E-state index contributed by atoms with van der Waals surface area (Å²) in [6.07, 6.45) is 3.03. The van der Waals surface area contributed by atoms with Crippen molar-refractivity contribution in [3.05, 3.63) is 33.8 Å². The molecule has 3 nitrogen and oxygen atoms in total. The van der Waals surface area contributed by atoms with Gasteiger partial charge < -0.3 is 9.64 Å². The van der Waals surface area contributed by atoms with Gasteiger partial charge in [-0.05, 0) is 36.8 Å². The van der Waals surface area contributed by atoms with E-state index in [2.05, 4.69) is 0 Å². The Bertz CT molecular complexity index is 541. The molecular weight excluding hydrogens is 309 g/mol. The van der Waals surface area contributed by atoms with Crippen molar-refractivity contribution < 1.29 is 9.53 Å². The van der Waals surface area contributed by atoms with Crippen molar-refractivity contribution in [1.29, 1.82) is 0 Å². The molecule has 2 atom stereocenters. The van der Waals surface area contributed by atoms with E-state index in [1.807, 2.05) is 17.0 Å². The number of benzene rings is 1. The van der Waals surface area contributed by atoms with Gasteiger partial charge >= 0.3 is 0 Å². The summed E-state index contributed by atoms with van der Waals surface area (Å²) in [5.41, 5.74) is 1.01. The lowest BCUT2D eigenvalue weighted by Gasteiger charge is -2.31. The molecule has 0 radical (unpaired) electrons. The molecule has 1 saturated carbocycles. The fraction of sp³-hybridized carbons (Fsp3) is 0.562. The van der Waals surface area contributed by atoms with Crippen LogP contribution < -0.4 is 0 Å². The van der Waals surface area contributed by atoms with Crippen LogP contribution in [0.25, 0.3) is 0 Å². The summed E-state index contributed by atoms with van der Waals surface area (Å²) in [5, 5.41) is 1.16. The first-order valence-electron chi connectivity index (χ1n) is 7.37. The summed E-state index contributed by atoms with van der Waals surface area (Å²) in [6, 6.07) is 5.65. The van der Waals surface area contributed by atoms with Gasteiger partial charge in [0.2, 0.25) is 5.91 Å². The molecular formula is C16H19Cl2NO2. The molecule has 1 heterocycles. The zero-order chi connectivity index (χ0) is 15.0. The molecule has 3 rings (SSSR count). The van der Waals surface area contributed by atoms with E-state index in [1.165, 1.54) is 0 Å². The van der Waals surface area contributed by atoms with Gasteiger partial charge in [-0.15, -0.1) is 0 Å². The Hall–Kier alpha value is -0.770. The van der Waals surface area contributed by atoms with Crippen molar-refractivity contribution in [2.24, 2.45) is 5.92 Å². The zero-order valence-electron chi connectivity index (χ0n) is 12.0. The molecule has 1 amide bonds. The van der Waals surface area contributed by atoms with Gasteiger partial charge in [0.25, 0.3) is 0 Å². The molecule has 21 heavy (non-hydrogen) atoms. The lowest BCUT2D eigenvalue weighted by molar-refractivity contribution is -0.135. The standard InChI is InChI=1S/C16H19Cl2NO2/c1-21-10-5-7-19(8-6-10)16(20)13-9-12(13)11-3-2-4-14(17)15(11)18/h2-4,10,12-13H,5-9H2,1H3/t12-,13+/m1/s1. The van der Waals surface area contributed by atoms with E-state index in [-0.39, 0.29) is 17.7 Å². The highest BCUT2D eigenvalue weighted by atomic mass is 35.5. The Morgan fingerprint density at radius 2 is 2.00 bits per heavy atom. The number of likely N-dealkylation sites (tertiary alicyclic amines) is 1. The minimum Gasteiger partial charge on any atom is -0.381 e. The molecule has 1 aromatic carbocycles. The number of carbonyl (C=O) groups is 1. The summed E-state index contributed by atoms with van der Waals surface area (Å²) in [6.45, 7) is 1.59. The lowest BCUT2D eigenvalue weighted by Crippen LogP contribution is -2.41. The maximum absolute atomic E-state index is 12.5. The number of amides is 1. The number of halogens is 2. The summed E-state index contributed by atoms with van der Waals surface area (Å²) in [5.74, 6) is 0.550. The van der Waals surface area contributed by atoms with Crippen molar-refractivity contribution in [2.45, 2.75) is 31.3 Å². The molecule has 5 heteroatoms. The third-order valence-electron chi connectivity index (χ3n) is 4.58. The topological polar surface area (TPSA) is 29.5 Å². The van der Waals surface area contributed by atoms with E-state index in [9.17, 15) is 4.79 Å². The fourth-order valence-corrected chi connectivity index (χ4v) is 3.61. The molecule has 1 saturated heterocycles. The third-order valence-corrected chi connectivity index (χ3v) is 5.41. The van der Waals surface area contributed by atoms with E-state index < -0.39 is 0 Å². The van der Waals surface area contributed by atoms with Crippen molar-refractivity contribution in [2.75, 3.05) is 20.2 Å². The van der Waals surface area contributed by atoms with Crippen LogP contribution in [-0.2, 0) is 9.53 Å². The smallest absolute Gasteiger partial charge is 0.226 e. The Morgan fingerprint density at radius 1 is 1.29 bits per heavy atom. The first kappa shape index (κ1) is 15.1. The van der Waals surface area contributed by atoms with E-state index in [4.69, 9.17) is 27.9 Å². The van der Waals surface area contributed by atoms with Gasteiger partial charge in [-0.25, -0.2) is 0 Å². The predicted octanol–water partition coefficient (Wildman–Crippen LogP) is 3.73. The van der Waals surface area contributed by atoms with Crippen LogP contribution in [0.4, 0.5) is 0 Å². The predicted molar refractivity (Wildman–Crippen MR) is 83.9 cm³/mol. The van der Waals surface area contributed by atoms with Gasteiger partial charge in [-0.3, -0.25) is 4.79 Å². The molecule has 0 bridgehead atoms. The van der Waals surface area contributed by atoms with Gasteiger partial charge in [0, 0.05) is 26.1 Å². The number of methoxy groups -OCH3 is 1. The molecule has 1 aromatic rings. The summed E-state index contributed by atoms with van der Waals surface area (Å²) in [7, 11) is 1.74. The molecule has 1 aliphatic carbocycles. The van der Waals surface area contributed by atoms with Crippen LogP contribution in [0.1, 0.15) is 30.7 Å². The maximum Gasteiger partial charge on any atom is 0.226 e. The van der Waals surface area contributed by atoms with Crippen molar-refractivity contribution in [3.8, 4) is 0 Å². The number of hydrogen-bond donors (Lipinski definition) is 0. The first-order chi connectivity index (χ1) is 10.1. The van der Waals surface area contributed by atoms with Crippen LogP contribution in [0.2, 0.25) is 10.0 Å². The number of hydrogen-bond acceptors (Lipinski definition) is 2. The second-order valence-electron chi connectivity index (χ2n) is 5.85. The van der Waals surface area contributed by atoms with Crippen molar-refractivity contribution in [3.63, 3.8) is 0 Å². The highest BCUT2D eigenvalue weighted by Gasteiger charge is 2.47. The highest BCUT2D eigenvalue weighted by molar-refractivity contribution is 6.42. The second kappa shape index (κ2) is 6.15. The van der Waals surface area contributed by atoms with Gasteiger partial charge in [0.05, 0.1) is 16.1 Å². The number of nitrogens with zero attached hydrogens (tertiary/aromatic N) is 1. The molecule has 1 aliphatic heterocycles. The maximum atomic E-state index is 12.5. The summed E-state index contributed by atoms with van der Waals surface area (Å²) >= 11 is 12.3.